The number of likely N-dealkylation sites (tertiary alicyclic amines) is 1. The quantitative estimate of drug-likeness (QED) is 0.558. The molecule has 37 heavy (non-hydrogen) atoms. The largest absolute Gasteiger partial charge is 0.349 e. The Morgan fingerprint density at radius 1 is 1.22 bits per heavy atom. The summed E-state index contributed by atoms with van der Waals surface area (Å²) in [7, 11) is 0. The number of piperidine rings is 1. The second-order valence-electron chi connectivity index (χ2n) is 10.9. The average Bonchev–Trinajstić information content (AvgIpc) is 3.17. The van der Waals surface area contributed by atoms with Gasteiger partial charge in [-0.05, 0) is 64.2 Å². The summed E-state index contributed by atoms with van der Waals surface area (Å²) in [4.78, 5) is 33.7. The molecule has 1 unspecified atom stereocenters. The molecule has 3 heterocycles. The zero-order valence-corrected chi connectivity index (χ0v) is 23.0. The molecule has 2 aromatic rings. The maximum atomic E-state index is 13.9. The minimum Gasteiger partial charge on any atom is -0.349 e. The summed E-state index contributed by atoms with van der Waals surface area (Å²) in [6, 6.07) is 7.41. The molecule has 1 aromatic carbocycles. The Balaban J connectivity index is 1.43. The number of aryl methyl sites for hydroxylation is 1. The number of hydrogen-bond donors (Lipinski definition) is 1. The van der Waals surface area contributed by atoms with E-state index in [-0.39, 0.29) is 23.7 Å². The molecule has 4 rings (SSSR count). The van der Waals surface area contributed by atoms with Crippen LogP contribution < -0.4 is 5.32 Å². The first-order valence-corrected chi connectivity index (χ1v) is 13.8. The van der Waals surface area contributed by atoms with Gasteiger partial charge >= 0.3 is 0 Å². The van der Waals surface area contributed by atoms with Gasteiger partial charge in [0.15, 0.2) is 0 Å². The van der Waals surface area contributed by atoms with E-state index in [1.54, 1.807) is 6.07 Å². The van der Waals surface area contributed by atoms with E-state index < -0.39 is 0 Å². The monoisotopic (exact) mass is 511 g/mol. The van der Waals surface area contributed by atoms with Crippen LogP contribution >= 0.6 is 0 Å². The minimum atomic E-state index is -0.285. The number of rotatable bonds is 8. The van der Waals surface area contributed by atoms with Crippen LogP contribution in [0.3, 0.4) is 0 Å². The van der Waals surface area contributed by atoms with E-state index in [1.807, 2.05) is 17.9 Å². The van der Waals surface area contributed by atoms with Crippen LogP contribution in [0, 0.1) is 12.7 Å². The van der Waals surface area contributed by atoms with E-state index in [0.717, 1.165) is 62.3 Å². The summed E-state index contributed by atoms with van der Waals surface area (Å²) >= 11 is 0. The van der Waals surface area contributed by atoms with Crippen molar-refractivity contribution in [2.75, 3.05) is 13.1 Å². The molecule has 0 spiro atoms. The van der Waals surface area contributed by atoms with Gasteiger partial charge in [-0.15, -0.1) is 0 Å². The summed E-state index contributed by atoms with van der Waals surface area (Å²) in [5.74, 6) is 0.882. The smallest absolute Gasteiger partial charge is 0.222 e. The first-order chi connectivity index (χ1) is 17.7. The lowest BCUT2D eigenvalue weighted by Crippen LogP contribution is -2.48. The number of hydrogen-bond acceptors (Lipinski definition) is 4. The van der Waals surface area contributed by atoms with Crippen molar-refractivity contribution < 1.29 is 14.0 Å². The topological polar surface area (TPSA) is 70.5 Å². The number of aromatic nitrogens is 2. The van der Waals surface area contributed by atoms with Crippen molar-refractivity contribution in [3.05, 3.63) is 52.9 Å². The molecule has 0 saturated carbocycles. The standard InChI is InChI=1S/C29H42FN5O2/c1-6-8-29(37)33-13-12-28-27(18-33)31-21(4)35(28)25-15-19(2)34(20(3)16-25)14-11-26(32-22(5)36)23-9-7-10-24(30)17-23/h7,9-10,17,19-20,25-26H,6,8,11-16,18H2,1-5H3,(H,32,36)/t19-,20?,25+,26-/m0/s1. The molecule has 0 aliphatic carbocycles. The summed E-state index contributed by atoms with van der Waals surface area (Å²) in [5.41, 5.74) is 3.16. The highest BCUT2D eigenvalue weighted by molar-refractivity contribution is 5.76. The van der Waals surface area contributed by atoms with Crippen molar-refractivity contribution in [3.8, 4) is 0 Å². The zero-order chi connectivity index (χ0) is 26.7. The Kier molecular flexibility index (Phi) is 8.67. The summed E-state index contributed by atoms with van der Waals surface area (Å²) in [6.45, 7) is 12.4. The van der Waals surface area contributed by atoms with E-state index in [2.05, 4.69) is 35.6 Å². The highest BCUT2D eigenvalue weighted by atomic mass is 19.1. The maximum Gasteiger partial charge on any atom is 0.222 e. The minimum absolute atomic E-state index is 0.107. The number of nitrogens with one attached hydrogen (secondary N) is 1. The molecular weight excluding hydrogens is 469 g/mol. The number of carbonyl (C=O) groups is 2. The van der Waals surface area contributed by atoms with Crippen LogP contribution in [0.15, 0.2) is 24.3 Å². The Hall–Kier alpha value is -2.74. The molecule has 202 valence electrons. The Labute approximate surface area is 220 Å². The van der Waals surface area contributed by atoms with Crippen LogP contribution in [0.1, 0.15) is 94.7 Å². The van der Waals surface area contributed by atoms with Gasteiger partial charge in [-0.3, -0.25) is 14.5 Å². The summed E-state index contributed by atoms with van der Waals surface area (Å²) in [5, 5.41) is 3.01. The molecule has 1 saturated heterocycles. The maximum absolute atomic E-state index is 13.9. The molecule has 7 nitrogen and oxygen atoms in total. The molecule has 4 atom stereocenters. The number of benzene rings is 1. The van der Waals surface area contributed by atoms with Crippen LogP contribution in [0.2, 0.25) is 0 Å². The predicted molar refractivity (Wildman–Crippen MR) is 142 cm³/mol. The van der Waals surface area contributed by atoms with Gasteiger partial charge in [-0.2, -0.15) is 0 Å². The SMILES string of the molecule is CCCC(=O)N1CCc2c(nc(C)n2[C@H]2CC(C)N(CC[C@H](NC(C)=O)c3cccc(F)c3)[C@@H](C)C2)C1. The van der Waals surface area contributed by atoms with Gasteiger partial charge in [-0.1, -0.05) is 19.1 Å². The van der Waals surface area contributed by atoms with Crippen LogP contribution in [-0.2, 0) is 22.6 Å². The number of fused-ring (bicyclic) bond motifs is 1. The van der Waals surface area contributed by atoms with E-state index in [4.69, 9.17) is 4.98 Å². The molecule has 1 N–H and O–H groups in total. The predicted octanol–water partition coefficient (Wildman–Crippen LogP) is 4.70. The molecule has 2 aliphatic heterocycles. The molecule has 2 amide bonds. The Bertz CT molecular complexity index is 1100. The Morgan fingerprint density at radius 3 is 2.59 bits per heavy atom. The molecular formula is C29H42FN5O2. The van der Waals surface area contributed by atoms with Gasteiger partial charge < -0.3 is 14.8 Å². The fourth-order valence-electron chi connectivity index (χ4n) is 6.42. The highest BCUT2D eigenvalue weighted by Crippen LogP contribution is 2.36. The van der Waals surface area contributed by atoms with Crippen molar-refractivity contribution >= 4 is 11.8 Å². The van der Waals surface area contributed by atoms with E-state index in [0.29, 0.717) is 31.1 Å². The molecule has 1 fully saturated rings. The lowest BCUT2D eigenvalue weighted by Gasteiger charge is -2.44. The van der Waals surface area contributed by atoms with Crippen molar-refractivity contribution in [3.63, 3.8) is 0 Å². The lowest BCUT2D eigenvalue weighted by molar-refractivity contribution is -0.132. The summed E-state index contributed by atoms with van der Waals surface area (Å²) < 4.78 is 16.3. The van der Waals surface area contributed by atoms with Gasteiger partial charge in [0, 0.05) is 56.7 Å². The third-order valence-corrected chi connectivity index (χ3v) is 8.07. The van der Waals surface area contributed by atoms with Crippen LogP contribution in [0.25, 0.3) is 0 Å². The van der Waals surface area contributed by atoms with Crippen molar-refractivity contribution in [2.24, 2.45) is 0 Å². The van der Waals surface area contributed by atoms with E-state index in [9.17, 15) is 14.0 Å². The van der Waals surface area contributed by atoms with Gasteiger partial charge in [0.05, 0.1) is 18.3 Å². The molecule has 1 aromatic heterocycles. The van der Waals surface area contributed by atoms with Crippen LogP contribution in [0.4, 0.5) is 4.39 Å². The van der Waals surface area contributed by atoms with E-state index >= 15 is 0 Å². The zero-order valence-electron chi connectivity index (χ0n) is 23.0. The number of imidazole rings is 1. The fourth-order valence-corrected chi connectivity index (χ4v) is 6.42. The van der Waals surface area contributed by atoms with E-state index in [1.165, 1.54) is 24.8 Å². The number of carbonyl (C=O) groups excluding carboxylic acids is 2. The Morgan fingerprint density at radius 2 is 1.95 bits per heavy atom. The lowest BCUT2D eigenvalue weighted by atomic mass is 9.91. The third-order valence-electron chi connectivity index (χ3n) is 8.07. The molecule has 2 aliphatic rings. The molecule has 0 radical (unpaired) electrons. The van der Waals surface area contributed by atoms with Gasteiger partial charge in [0.25, 0.3) is 0 Å². The normalized spacial score (nSPS) is 23.0. The van der Waals surface area contributed by atoms with Gasteiger partial charge in [-0.25, -0.2) is 9.37 Å². The second-order valence-corrected chi connectivity index (χ2v) is 10.9. The van der Waals surface area contributed by atoms with Crippen molar-refractivity contribution in [2.45, 2.75) is 104 Å². The highest BCUT2D eigenvalue weighted by Gasteiger charge is 2.35. The van der Waals surface area contributed by atoms with Crippen LogP contribution in [0.5, 0.6) is 0 Å². The first-order valence-electron chi connectivity index (χ1n) is 13.8. The van der Waals surface area contributed by atoms with Crippen LogP contribution in [-0.4, -0.2) is 56.3 Å². The van der Waals surface area contributed by atoms with Gasteiger partial charge in [0.1, 0.15) is 11.6 Å². The second kappa shape index (κ2) is 11.8. The van der Waals surface area contributed by atoms with Crippen molar-refractivity contribution in [1.29, 1.82) is 0 Å². The first kappa shape index (κ1) is 27.3. The molecule has 8 heteroatoms. The summed E-state index contributed by atoms with van der Waals surface area (Å²) in [6.07, 6.45) is 5.11. The molecule has 0 bridgehead atoms. The number of halogens is 1. The third kappa shape index (κ3) is 6.22. The number of nitrogens with zero attached hydrogens (tertiary/aromatic N) is 4. The van der Waals surface area contributed by atoms with Crippen molar-refractivity contribution in [1.82, 2.24) is 24.7 Å². The van der Waals surface area contributed by atoms with Gasteiger partial charge in [0.2, 0.25) is 11.8 Å². The fraction of sp³-hybridized carbons (Fsp3) is 0.621. The number of amides is 2. The average molecular weight is 512 g/mol.